The highest BCUT2D eigenvalue weighted by Crippen LogP contribution is 2.29. The Hall–Kier alpha value is -1.06. The third kappa shape index (κ3) is 4.31. The summed E-state index contributed by atoms with van der Waals surface area (Å²) in [6.07, 6.45) is 7.69. The molecule has 0 aromatic heterocycles. The molecule has 1 aromatic rings. The standard InChI is InChI=1S/C15H24N2O/c16-17-14(12-13-6-4-5-7-13)10-11-18-15-8-2-1-3-9-15/h1-3,8-9,13-14,17H,4-7,10-12,16H2. The maximum Gasteiger partial charge on any atom is 0.119 e. The van der Waals surface area contributed by atoms with E-state index in [9.17, 15) is 0 Å². The van der Waals surface area contributed by atoms with Crippen LogP contribution in [0.1, 0.15) is 38.5 Å². The molecule has 0 heterocycles. The summed E-state index contributed by atoms with van der Waals surface area (Å²) in [5.74, 6) is 7.43. The van der Waals surface area contributed by atoms with Crippen LogP contribution in [0.5, 0.6) is 5.75 Å². The Kier molecular flexibility index (Phi) is 5.49. The molecule has 0 spiro atoms. The van der Waals surface area contributed by atoms with Crippen LogP contribution in [0.15, 0.2) is 30.3 Å². The summed E-state index contributed by atoms with van der Waals surface area (Å²) in [7, 11) is 0. The fourth-order valence-corrected chi connectivity index (χ4v) is 2.75. The molecule has 1 aliphatic rings. The van der Waals surface area contributed by atoms with Gasteiger partial charge in [0, 0.05) is 6.04 Å². The Morgan fingerprint density at radius 2 is 1.94 bits per heavy atom. The van der Waals surface area contributed by atoms with Crippen LogP contribution in [0.4, 0.5) is 0 Å². The highest BCUT2D eigenvalue weighted by atomic mass is 16.5. The van der Waals surface area contributed by atoms with Crippen molar-refractivity contribution >= 4 is 0 Å². The van der Waals surface area contributed by atoms with E-state index in [2.05, 4.69) is 5.43 Å². The number of hydrogen-bond acceptors (Lipinski definition) is 3. The summed E-state index contributed by atoms with van der Waals surface area (Å²) < 4.78 is 5.71. The van der Waals surface area contributed by atoms with Gasteiger partial charge in [0.05, 0.1) is 6.61 Å². The van der Waals surface area contributed by atoms with Crippen LogP contribution in [0, 0.1) is 5.92 Å². The van der Waals surface area contributed by atoms with Gasteiger partial charge in [0.25, 0.3) is 0 Å². The largest absolute Gasteiger partial charge is 0.494 e. The van der Waals surface area contributed by atoms with E-state index in [4.69, 9.17) is 10.6 Å². The minimum absolute atomic E-state index is 0.386. The molecule has 1 unspecified atom stereocenters. The van der Waals surface area contributed by atoms with E-state index in [0.29, 0.717) is 6.04 Å². The van der Waals surface area contributed by atoms with E-state index in [1.165, 1.54) is 32.1 Å². The number of hydrazine groups is 1. The van der Waals surface area contributed by atoms with Crippen LogP contribution in [-0.4, -0.2) is 12.6 Å². The molecule has 1 atom stereocenters. The van der Waals surface area contributed by atoms with E-state index >= 15 is 0 Å². The first-order valence-corrected chi connectivity index (χ1v) is 7.02. The van der Waals surface area contributed by atoms with Crippen molar-refractivity contribution in [2.24, 2.45) is 11.8 Å². The first kappa shape index (κ1) is 13.4. The number of rotatable bonds is 7. The van der Waals surface area contributed by atoms with E-state index in [0.717, 1.165) is 24.7 Å². The van der Waals surface area contributed by atoms with Crippen LogP contribution >= 0.6 is 0 Å². The second-order valence-corrected chi connectivity index (χ2v) is 5.20. The molecule has 3 nitrogen and oxygen atoms in total. The lowest BCUT2D eigenvalue weighted by atomic mass is 9.97. The Balaban J connectivity index is 1.67. The van der Waals surface area contributed by atoms with Gasteiger partial charge in [-0.2, -0.15) is 0 Å². The Bertz CT molecular complexity index is 323. The second kappa shape index (κ2) is 7.39. The molecule has 3 heteroatoms. The van der Waals surface area contributed by atoms with Crippen molar-refractivity contribution in [3.63, 3.8) is 0 Å². The maximum atomic E-state index is 5.71. The number of para-hydroxylation sites is 1. The molecule has 2 rings (SSSR count). The van der Waals surface area contributed by atoms with Crippen molar-refractivity contribution in [1.82, 2.24) is 5.43 Å². The summed E-state index contributed by atoms with van der Waals surface area (Å²) >= 11 is 0. The number of hydrogen-bond donors (Lipinski definition) is 2. The maximum absolute atomic E-state index is 5.71. The summed E-state index contributed by atoms with van der Waals surface area (Å²) in [6, 6.07) is 10.3. The highest BCUT2D eigenvalue weighted by Gasteiger charge is 2.19. The van der Waals surface area contributed by atoms with Crippen LogP contribution in [-0.2, 0) is 0 Å². The lowest BCUT2D eigenvalue weighted by Crippen LogP contribution is -2.37. The van der Waals surface area contributed by atoms with Gasteiger partial charge >= 0.3 is 0 Å². The molecule has 1 saturated carbocycles. The zero-order valence-corrected chi connectivity index (χ0v) is 11.0. The lowest BCUT2D eigenvalue weighted by molar-refractivity contribution is 0.268. The zero-order valence-electron chi connectivity index (χ0n) is 11.0. The van der Waals surface area contributed by atoms with Gasteiger partial charge in [-0.05, 0) is 30.9 Å². The van der Waals surface area contributed by atoms with Gasteiger partial charge in [-0.1, -0.05) is 43.9 Å². The third-order valence-electron chi connectivity index (χ3n) is 3.81. The molecule has 1 fully saturated rings. The average Bonchev–Trinajstić information content (AvgIpc) is 2.92. The van der Waals surface area contributed by atoms with Crippen LogP contribution in [0.25, 0.3) is 0 Å². The van der Waals surface area contributed by atoms with E-state index in [-0.39, 0.29) is 0 Å². The minimum Gasteiger partial charge on any atom is -0.494 e. The van der Waals surface area contributed by atoms with Crippen molar-refractivity contribution < 1.29 is 4.74 Å². The van der Waals surface area contributed by atoms with Gasteiger partial charge in [-0.25, -0.2) is 0 Å². The molecule has 3 N–H and O–H groups in total. The fourth-order valence-electron chi connectivity index (χ4n) is 2.75. The molecule has 0 amide bonds. The number of nitrogens with one attached hydrogen (secondary N) is 1. The van der Waals surface area contributed by atoms with Crippen molar-refractivity contribution in [3.05, 3.63) is 30.3 Å². The summed E-state index contributed by atoms with van der Waals surface area (Å²) in [6.45, 7) is 0.728. The number of nitrogens with two attached hydrogens (primary N) is 1. The lowest BCUT2D eigenvalue weighted by Gasteiger charge is -2.19. The normalized spacial score (nSPS) is 17.8. The van der Waals surface area contributed by atoms with Crippen LogP contribution < -0.4 is 16.0 Å². The van der Waals surface area contributed by atoms with E-state index in [1.807, 2.05) is 30.3 Å². The van der Waals surface area contributed by atoms with Crippen molar-refractivity contribution in [3.8, 4) is 5.75 Å². The molecule has 0 saturated heterocycles. The smallest absolute Gasteiger partial charge is 0.119 e. The number of benzene rings is 1. The average molecular weight is 248 g/mol. The van der Waals surface area contributed by atoms with Crippen LogP contribution in [0.3, 0.4) is 0 Å². The molecule has 1 aromatic carbocycles. The fraction of sp³-hybridized carbons (Fsp3) is 0.600. The monoisotopic (exact) mass is 248 g/mol. The van der Waals surface area contributed by atoms with Gasteiger partial charge in [0.15, 0.2) is 0 Å². The third-order valence-corrected chi connectivity index (χ3v) is 3.81. The molecule has 1 aliphatic carbocycles. The van der Waals surface area contributed by atoms with Crippen molar-refractivity contribution in [2.45, 2.75) is 44.6 Å². The molecule has 0 aliphatic heterocycles. The molecule has 100 valence electrons. The highest BCUT2D eigenvalue weighted by molar-refractivity contribution is 5.20. The quantitative estimate of drug-likeness (QED) is 0.576. The van der Waals surface area contributed by atoms with Gasteiger partial charge in [-0.3, -0.25) is 11.3 Å². The topological polar surface area (TPSA) is 47.3 Å². The van der Waals surface area contributed by atoms with Crippen molar-refractivity contribution in [1.29, 1.82) is 0 Å². The molecular formula is C15H24N2O. The van der Waals surface area contributed by atoms with Gasteiger partial charge < -0.3 is 4.74 Å². The summed E-state index contributed by atoms with van der Waals surface area (Å²) in [5, 5.41) is 0. The Morgan fingerprint density at radius 3 is 2.61 bits per heavy atom. The van der Waals surface area contributed by atoms with Crippen molar-refractivity contribution in [2.75, 3.05) is 6.61 Å². The van der Waals surface area contributed by atoms with Gasteiger partial charge in [-0.15, -0.1) is 0 Å². The predicted octanol–water partition coefficient (Wildman–Crippen LogP) is 2.87. The SMILES string of the molecule is NNC(CCOc1ccccc1)CC1CCCC1. The van der Waals surface area contributed by atoms with Crippen LogP contribution in [0.2, 0.25) is 0 Å². The Morgan fingerprint density at radius 1 is 1.22 bits per heavy atom. The van der Waals surface area contributed by atoms with E-state index < -0.39 is 0 Å². The first-order valence-electron chi connectivity index (χ1n) is 7.02. The molecule has 0 bridgehead atoms. The van der Waals surface area contributed by atoms with Gasteiger partial charge in [0.2, 0.25) is 0 Å². The van der Waals surface area contributed by atoms with E-state index in [1.54, 1.807) is 0 Å². The predicted molar refractivity (Wildman–Crippen MR) is 74.2 cm³/mol. The first-order chi connectivity index (χ1) is 8.88. The Labute approximate surface area is 110 Å². The zero-order chi connectivity index (χ0) is 12.6. The molecule has 18 heavy (non-hydrogen) atoms. The summed E-state index contributed by atoms with van der Waals surface area (Å²) in [4.78, 5) is 0. The summed E-state index contributed by atoms with van der Waals surface area (Å²) in [5.41, 5.74) is 2.94. The minimum atomic E-state index is 0.386. The second-order valence-electron chi connectivity index (χ2n) is 5.20. The van der Waals surface area contributed by atoms with Gasteiger partial charge in [0.1, 0.15) is 5.75 Å². The molecular weight excluding hydrogens is 224 g/mol. The molecule has 0 radical (unpaired) electrons. The number of ether oxygens (including phenoxy) is 1.